The summed E-state index contributed by atoms with van der Waals surface area (Å²) < 4.78 is 11.7. The number of methoxy groups -OCH3 is 1. The maximum absolute atomic E-state index is 12.5. The third-order valence-electron chi connectivity index (χ3n) is 8.90. The van der Waals surface area contributed by atoms with Gasteiger partial charge < -0.3 is 25.0 Å². The summed E-state index contributed by atoms with van der Waals surface area (Å²) in [7, 11) is 1.65. The van der Waals surface area contributed by atoms with Gasteiger partial charge in [0, 0.05) is 55.1 Å². The summed E-state index contributed by atoms with van der Waals surface area (Å²) in [6, 6.07) is 11.2. The first-order valence-electron chi connectivity index (χ1n) is 14.9. The lowest BCUT2D eigenvalue weighted by Gasteiger charge is -2.41. The minimum Gasteiger partial charge on any atom is -0.494 e. The van der Waals surface area contributed by atoms with E-state index in [1.165, 1.54) is 17.3 Å². The van der Waals surface area contributed by atoms with Crippen LogP contribution >= 0.6 is 11.3 Å². The third kappa shape index (κ3) is 5.67. The molecular weight excluding hydrogens is 566 g/mol. The van der Waals surface area contributed by atoms with E-state index >= 15 is 0 Å². The maximum Gasteiger partial charge on any atom is 0.247 e. The number of hydrogen-bond donors (Lipinski definition) is 2. The van der Waals surface area contributed by atoms with Crippen LogP contribution in [0, 0.1) is 0 Å². The molecule has 2 N–H and O–H groups in total. The highest BCUT2D eigenvalue weighted by Gasteiger charge is 2.42. The van der Waals surface area contributed by atoms with Gasteiger partial charge in [0.15, 0.2) is 5.82 Å². The van der Waals surface area contributed by atoms with E-state index in [9.17, 15) is 4.79 Å². The molecule has 2 aromatic heterocycles. The highest BCUT2D eigenvalue weighted by molar-refractivity contribution is 7.10. The van der Waals surface area contributed by atoms with Gasteiger partial charge in [0.25, 0.3) is 0 Å². The number of fused-ring (bicyclic) bond motifs is 2. The van der Waals surface area contributed by atoms with Crippen molar-refractivity contribution in [3.05, 3.63) is 59.6 Å². The first kappa shape index (κ1) is 28.1. The lowest BCUT2D eigenvalue weighted by molar-refractivity contribution is -0.111. The number of hydrogen-bond acceptors (Lipinski definition) is 11. The molecule has 43 heavy (non-hydrogen) atoms. The topological polar surface area (TPSA) is 104 Å². The van der Waals surface area contributed by atoms with Gasteiger partial charge >= 0.3 is 0 Å². The first-order chi connectivity index (χ1) is 21.1. The van der Waals surface area contributed by atoms with Crippen LogP contribution in [0.3, 0.4) is 0 Å². The van der Waals surface area contributed by atoms with Crippen molar-refractivity contribution in [3.63, 3.8) is 0 Å². The summed E-state index contributed by atoms with van der Waals surface area (Å²) >= 11 is 1.71. The Bertz CT molecular complexity index is 1460. The SMILES string of the molecule is C=CC(=O)Nc1cc(Nc2cc(N3OCC[C@@H]3c3cccs3)ncn2)c(OC)cc1N1CCC(N2C[C@H]3C[C@@H]2CO3)CC1. The molecule has 4 saturated heterocycles. The van der Waals surface area contributed by atoms with Crippen LogP contribution in [-0.2, 0) is 14.4 Å². The Kier molecular flexibility index (Phi) is 7.91. The fourth-order valence-corrected chi connectivity index (χ4v) is 7.65. The van der Waals surface area contributed by atoms with E-state index in [0.29, 0.717) is 53.6 Å². The smallest absolute Gasteiger partial charge is 0.247 e. The number of nitrogens with zero attached hydrogens (tertiary/aromatic N) is 5. The number of carbonyl (C=O) groups excluding carboxylic acids is 1. The monoisotopic (exact) mass is 603 g/mol. The number of amides is 1. The van der Waals surface area contributed by atoms with Gasteiger partial charge in [-0.15, -0.1) is 11.3 Å². The summed E-state index contributed by atoms with van der Waals surface area (Å²) in [4.78, 5) is 33.7. The van der Waals surface area contributed by atoms with Crippen molar-refractivity contribution >= 4 is 45.9 Å². The molecule has 4 fully saturated rings. The molecule has 11 nitrogen and oxygen atoms in total. The van der Waals surface area contributed by atoms with Crippen molar-refractivity contribution in [1.29, 1.82) is 0 Å². The van der Waals surface area contributed by atoms with Gasteiger partial charge in [-0.05, 0) is 42.9 Å². The Labute approximate surface area is 255 Å². The maximum atomic E-state index is 12.5. The van der Waals surface area contributed by atoms with Crippen LogP contribution in [0.15, 0.2) is 54.7 Å². The molecule has 12 heteroatoms. The Morgan fingerprint density at radius 3 is 2.77 bits per heavy atom. The standard InChI is InChI=1S/C31H37N7O4S/c1-3-31(39)35-23-14-24(34-29-16-30(33-19-32-29)38-25(8-11-42-38)28-5-4-12-43-28)27(40-2)15-26(23)36-9-6-20(7-10-36)37-17-22-13-21(37)18-41-22/h3-5,12,14-16,19-22,25H,1,6-11,13,17-18H2,2H3,(H,35,39)(H,32,33,34)/t21-,22-,25-/m1/s1. The number of nitrogens with one attached hydrogen (secondary N) is 2. The largest absolute Gasteiger partial charge is 0.494 e. The quantitative estimate of drug-likeness (QED) is 0.334. The molecule has 6 heterocycles. The molecule has 3 aromatic rings. The summed E-state index contributed by atoms with van der Waals surface area (Å²) in [5.41, 5.74) is 2.29. The molecule has 0 aliphatic carbocycles. The van der Waals surface area contributed by atoms with Crippen molar-refractivity contribution in [2.24, 2.45) is 0 Å². The number of thiophene rings is 1. The van der Waals surface area contributed by atoms with Gasteiger partial charge in [0.1, 0.15) is 17.9 Å². The van der Waals surface area contributed by atoms with Crippen LogP contribution in [0.4, 0.5) is 28.7 Å². The number of benzene rings is 1. The summed E-state index contributed by atoms with van der Waals surface area (Å²) in [6.07, 6.45) is 7.40. The molecule has 226 valence electrons. The van der Waals surface area contributed by atoms with Gasteiger partial charge in [-0.2, -0.15) is 0 Å². The second-order valence-electron chi connectivity index (χ2n) is 11.4. The zero-order valence-electron chi connectivity index (χ0n) is 24.3. The number of morpholine rings is 1. The molecule has 0 saturated carbocycles. The van der Waals surface area contributed by atoms with E-state index in [2.05, 4.69) is 54.5 Å². The van der Waals surface area contributed by atoms with Crippen LogP contribution < -0.4 is 25.3 Å². The normalized spacial score (nSPS) is 24.0. The predicted molar refractivity (Wildman–Crippen MR) is 167 cm³/mol. The molecule has 3 atom stereocenters. The fraction of sp³-hybridized carbons (Fsp3) is 0.452. The zero-order chi connectivity index (χ0) is 29.3. The zero-order valence-corrected chi connectivity index (χ0v) is 25.1. The number of ether oxygens (including phenoxy) is 2. The highest BCUT2D eigenvalue weighted by atomic mass is 32.1. The van der Waals surface area contributed by atoms with Crippen LogP contribution in [-0.4, -0.2) is 78.9 Å². The number of rotatable bonds is 9. The lowest BCUT2D eigenvalue weighted by Crippen LogP contribution is -2.49. The predicted octanol–water partition coefficient (Wildman–Crippen LogP) is 4.74. The average molecular weight is 604 g/mol. The van der Waals surface area contributed by atoms with Crippen molar-refractivity contribution in [2.45, 2.75) is 49.9 Å². The van der Waals surface area contributed by atoms with Crippen molar-refractivity contribution in [2.75, 3.05) is 60.6 Å². The molecule has 0 radical (unpaired) electrons. The molecule has 4 aliphatic heterocycles. The van der Waals surface area contributed by atoms with Gasteiger partial charge in [-0.25, -0.2) is 15.0 Å². The van der Waals surface area contributed by atoms with E-state index in [-0.39, 0.29) is 11.9 Å². The van der Waals surface area contributed by atoms with Gasteiger partial charge in [0.2, 0.25) is 5.91 Å². The van der Waals surface area contributed by atoms with Crippen LogP contribution in [0.1, 0.15) is 36.6 Å². The number of hydroxylamine groups is 1. The van der Waals surface area contributed by atoms with Crippen LogP contribution in [0.5, 0.6) is 5.75 Å². The number of anilines is 5. The van der Waals surface area contributed by atoms with E-state index in [0.717, 1.165) is 57.6 Å². The van der Waals surface area contributed by atoms with Gasteiger partial charge in [-0.1, -0.05) is 12.6 Å². The Morgan fingerprint density at radius 2 is 2.05 bits per heavy atom. The first-order valence-corrected chi connectivity index (χ1v) is 15.8. The summed E-state index contributed by atoms with van der Waals surface area (Å²) in [5.74, 6) is 1.64. The Balaban J connectivity index is 1.12. The van der Waals surface area contributed by atoms with E-state index in [1.54, 1.807) is 18.4 Å². The molecule has 1 amide bonds. The second-order valence-corrected chi connectivity index (χ2v) is 12.4. The van der Waals surface area contributed by atoms with E-state index < -0.39 is 0 Å². The van der Waals surface area contributed by atoms with E-state index in [1.807, 2.05) is 23.3 Å². The lowest BCUT2D eigenvalue weighted by atomic mass is 10.0. The Morgan fingerprint density at radius 1 is 1.16 bits per heavy atom. The fourth-order valence-electron chi connectivity index (χ4n) is 6.80. The van der Waals surface area contributed by atoms with Crippen molar-refractivity contribution in [3.8, 4) is 5.75 Å². The second kappa shape index (κ2) is 12.1. The minimum absolute atomic E-state index is 0.107. The van der Waals surface area contributed by atoms with Gasteiger partial charge in [0.05, 0.1) is 49.5 Å². The number of likely N-dealkylation sites (tertiary alicyclic amines) is 1. The molecular formula is C31H37N7O4S. The van der Waals surface area contributed by atoms with Crippen molar-refractivity contribution in [1.82, 2.24) is 14.9 Å². The summed E-state index contributed by atoms with van der Waals surface area (Å²) in [5, 5.41) is 10.3. The van der Waals surface area contributed by atoms with Crippen LogP contribution in [0.2, 0.25) is 0 Å². The third-order valence-corrected chi connectivity index (χ3v) is 9.87. The van der Waals surface area contributed by atoms with E-state index in [4.69, 9.17) is 14.3 Å². The number of piperidine rings is 1. The van der Waals surface area contributed by atoms with Crippen molar-refractivity contribution < 1.29 is 19.1 Å². The van der Waals surface area contributed by atoms with Gasteiger partial charge in [-0.3, -0.25) is 14.5 Å². The molecule has 0 unspecified atom stereocenters. The molecule has 4 aliphatic rings. The number of aromatic nitrogens is 2. The number of carbonyl (C=O) groups is 1. The molecule has 1 aromatic carbocycles. The summed E-state index contributed by atoms with van der Waals surface area (Å²) in [6.45, 7) is 7.98. The Hall–Kier alpha value is -3.71. The minimum atomic E-state index is -0.268. The molecule has 0 spiro atoms. The highest BCUT2D eigenvalue weighted by Crippen LogP contribution is 2.41. The molecule has 7 rings (SSSR count). The average Bonchev–Trinajstić information content (AvgIpc) is 3.87. The van der Waals surface area contributed by atoms with Crippen LogP contribution in [0.25, 0.3) is 0 Å². The molecule has 2 bridgehead atoms.